The standard InChI is InChI=1S/C18H21N5/c1-12(2)17-16(15-8-3-4-11-23(15)22-17)14-9-10-19-18(21-14)20-13-6-5-7-13/h3-4,8-13H,5-7H2,1-2H3,(H,19,20,21). The normalized spacial score (nSPS) is 15.1. The summed E-state index contributed by atoms with van der Waals surface area (Å²) in [4.78, 5) is 9.13. The first kappa shape index (κ1) is 14.2. The fraction of sp³-hybridized carbons (Fsp3) is 0.389. The van der Waals surface area contributed by atoms with E-state index in [4.69, 9.17) is 10.1 Å². The smallest absolute Gasteiger partial charge is 0.223 e. The minimum atomic E-state index is 0.336. The molecule has 3 heterocycles. The van der Waals surface area contributed by atoms with Crippen LogP contribution in [-0.2, 0) is 0 Å². The molecule has 23 heavy (non-hydrogen) atoms. The molecule has 1 aliphatic rings. The molecule has 4 rings (SSSR count). The van der Waals surface area contributed by atoms with Crippen LogP contribution in [0.1, 0.15) is 44.7 Å². The first-order chi connectivity index (χ1) is 11.2. The van der Waals surface area contributed by atoms with Crippen molar-refractivity contribution in [2.45, 2.75) is 45.1 Å². The molecule has 118 valence electrons. The monoisotopic (exact) mass is 307 g/mol. The summed E-state index contributed by atoms with van der Waals surface area (Å²) in [6, 6.07) is 8.63. The predicted octanol–water partition coefficient (Wildman–Crippen LogP) is 3.88. The molecule has 0 saturated heterocycles. The SMILES string of the molecule is CC(C)c1nn2ccccc2c1-c1ccnc(NC2CCC2)n1. The Kier molecular flexibility index (Phi) is 3.48. The molecule has 3 aromatic rings. The summed E-state index contributed by atoms with van der Waals surface area (Å²) in [5.41, 5.74) is 4.21. The van der Waals surface area contributed by atoms with Crippen LogP contribution in [0.25, 0.3) is 16.8 Å². The van der Waals surface area contributed by atoms with Crippen LogP contribution >= 0.6 is 0 Å². The number of hydrogen-bond acceptors (Lipinski definition) is 4. The minimum absolute atomic E-state index is 0.336. The summed E-state index contributed by atoms with van der Waals surface area (Å²) in [7, 11) is 0. The Bertz CT molecular complexity index is 832. The van der Waals surface area contributed by atoms with Crippen LogP contribution in [0.4, 0.5) is 5.95 Å². The number of anilines is 1. The summed E-state index contributed by atoms with van der Waals surface area (Å²) in [5.74, 6) is 1.06. The lowest BCUT2D eigenvalue weighted by molar-refractivity contribution is 0.443. The van der Waals surface area contributed by atoms with E-state index in [2.05, 4.69) is 30.2 Å². The Balaban J connectivity index is 1.81. The fourth-order valence-corrected chi connectivity index (χ4v) is 2.99. The second-order valence-electron chi connectivity index (χ2n) is 6.48. The van der Waals surface area contributed by atoms with Crippen LogP contribution in [0.15, 0.2) is 36.7 Å². The van der Waals surface area contributed by atoms with Crippen LogP contribution in [-0.4, -0.2) is 25.6 Å². The molecule has 0 aliphatic heterocycles. The average molecular weight is 307 g/mol. The number of rotatable bonds is 4. The fourth-order valence-electron chi connectivity index (χ4n) is 2.99. The Hall–Kier alpha value is -2.43. The van der Waals surface area contributed by atoms with Crippen molar-refractivity contribution in [2.24, 2.45) is 0 Å². The second kappa shape index (κ2) is 5.65. The van der Waals surface area contributed by atoms with Gasteiger partial charge in [-0.25, -0.2) is 14.5 Å². The van der Waals surface area contributed by atoms with Crippen LogP contribution < -0.4 is 5.32 Å². The Labute approximate surface area is 135 Å². The van der Waals surface area contributed by atoms with E-state index < -0.39 is 0 Å². The number of fused-ring (bicyclic) bond motifs is 1. The molecule has 0 spiro atoms. The van der Waals surface area contributed by atoms with Gasteiger partial charge < -0.3 is 5.32 Å². The van der Waals surface area contributed by atoms with Crippen molar-refractivity contribution < 1.29 is 0 Å². The van der Waals surface area contributed by atoms with Crippen LogP contribution in [0, 0.1) is 0 Å². The van der Waals surface area contributed by atoms with Crippen molar-refractivity contribution in [3.05, 3.63) is 42.4 Å². The second-order valence-corrected chi connectivity index (χ2v) is 6.48. The molecule has 0 radical (unpaired) electrons. The van der Waals surface area contributed by atoms with Gasteiger partial charge in [-0.05, 0) is 43.4 Å². The molecule has 5 heteroatoms. The lowest BCUT2D eigenvalue weighted by atomic mass is 9.93. The first-order valence-corrected chi connectivity index (χ1v) is 8.29. The zero-order valence-corrected chi connectivity index (χ0v) is 13.5. The van der Waals surface area contributed by atoms with Crippen molar-refractivity contribution in [3.63, 3.8) is 0 Å². The maximum Gasteiger partial charge on any atom is 0.223 e. The Morgan fingerprint density at radius 1 is 1.22 bits per heavy atom. The molecule has 1 fully saturated rings. The van der Waals surface area contributed by atoms with E-state index in [0.29, 0.717) is 12.0 Å². The molecule has 0 amide bonds. The van der Waals surface area contributed by atoms with E-state index in [1.807, 2.05) is 35.1 Å². The molecular weight excluding hydrogens is 286 g/mol. The maximum atomic E-state index is 4.75. The summed E-state index contributed by atoms with van der Waals surface area (Å²) < 4.78 is 1.94. The zero-order valence-electron chi connectivity index (χ0n) is 13.5. The number of nitrogens with zero attached hydrogens (tertiary/aromatic N) is 4. The largest absolute Gasteiger partial charge is 0.351 e. The molecule has 0 aromatic carbocycles. The van der Waals surface area contributed by atoms with E-state index in [9.17, 15) is 0 Å². The van der Waals surface area contributed by atoms with Gasteiger partial charge in [0.2, 0.25) is 5.95 Å². The highest BCUT2D eigenvalue weighted by Crippen LogP contribution is 2.32. The molecule has 5 nitrogen and oxygen atoms in total. The summed E-state index contributed by atoms with van der Waals surface area (Å²) in [6.45, 7) is 4.33. The van der Waals surface area contributed by atoms with E-state index in [0.717, 1.165) is 28.4 Å². The molecule has 1 aliphatic carbocycles. The third-order valence-corrected chi connectivity index (χ3v) is 4.46. The highest BCUT2D eigenvalue weighted by atomic mass is 15.2. The van der Waals surface area contributed by atoms with Crippen LogP contribution in [0.3, 0.4) is 0 Å². The van der Waals surface area contributed by atoms with Crippen molar-refractivity contribution >= 4 is 11.5 Å². The number of aromatic nitrogens is 4. The lowest BCUT2D eigenvalue weighted by Gasteiger charge is -2.26. The summed E-state index contributed by atoms with van der Waals surface area (Å²) in [5, 5.41) is 8.17. The van der Waals surface area contributed by atoms with E-state index in [1.54, 1.807) is 0 Å². The molecule has 3 aromatic heterocycles. The van der Waals surface area contributed by atoms with Gasteiger partial charge in [-0.1, -0.05) is 19.9 Å². The van der Waals surface area contributed by atoms with Gasteiger partial charge in [0.05, 0.1) is 16.9 Å². The number of pyridine rings is 1. The summed E-state index contributed by atoms with van der Waals surface area (Å²) in [6.07, 6.45) is 7.53. The van der Waals surface area contributed by atoms with Gasteiger partial charge in [-0.3, -0.25) is 0 Å². The summed E-state index contributed by atoms with van der Waals surface area (Å²) >= 11 is 0. The quantitative estimate of drug-likeness (QED) is 0.794. The third kappa shape index (κ3) is 2.56. The molecule has 1 saturated carbocycles. The van der Waals surface area contributed by atoms with Gasteiger partial charge in [0.1, 0.15) is 0 Å². The molecular formula is C18H21N5. The Morgan fingerprint density at radius 2 is 2.09 bits per heavy atom. The number of hydrogen-bond donors (Lipinski definition) is 1. The van der Waals surface area contributed by atoms with E-state index >= 15 is 0 Å². The van der Waals surface area contributed by atoms with Gasteiger partial charge >= 0.3 is 0 Å². The third-order valence-electron chi connectivity index (χ3n) is 4.46. The lowest BCUT2D eigenvalue weighted by Crippen LogP contribution is -2.28. The van der Waals surface area contributed by atoms with Gasteiger partial charge in [0.25, 0.3) is 0 Å². The first-order valence-electron chi connectivity index (χ1n) is 8.29. The minimum Gasteiger partial charge on any atom is -0.351 e. The number of nitrogens with one attached hydrogen (secondary N) is 1. The van der Waals surface area contributed by atoms with Crippen molar-refractivity contribution in [1.82, 2.24) is 19.6 Å². The highest BCUT2D eigenvalue weighted by molar-refractivity contribution is 5.81. The Morgan fingerprint density at radius 3 is 2.83 bits per heavy atom. The topological polar surface area (TPSA) is 55.1 Å². The van der Waals surface area contributed by atoms with Gasteiger partial charge in [-0.15, -0.1) is 0 Å². The van der Waals surface area contributed by atoms with Gasteiger partial charge in [0.15, 0.2) is 0 Å². The zero-order chi connectivity index (χ0) is 15.8. The predicted molar refractivity (Wildman–Crippen MR) is 91.6 cm³/mol. The van der Waals surface area contributed by atoms with Crippen molar-refractivity contribution in [2.75, 3.05) is 5.32 Å². The highest BCUT2D eigenvalue weighted by Gasteiger charge is 2.20. The van der Waals surface area contributed by atoms with Crippen LogP contribution in [0.2, 0.25) is 0 Å². The molecule has 1 N–H and O–H groups in total. The van der Waals surface area contributed by atoms with E-state index in [-0.39, 0.29) is 0 Å². The van der Waals surface area contributed by atoms with Crippen LogP contribution in [0.5, 0.6) is 0 Å². The van der Waals surface area contributed by atoms with Crippen molar-refractivity contribution in [3.8, 4) is 11.3 Å². The van der Waals surface area contributed by atoms with E-state index in [1.165, 1.54) is 19.3 Å². The molecule has 0 bridgehead atoms. The molecule has 0 unspecified atom stereocenters. The van der Waals surface area contributed by atoms with Gasteiger partial charge in [0, 0.05) is 24.0 Å². The van der Waals surface area contributed by atoms with Gasteiger partial charge in [-0.2, -0.15) is 5.10 Å². The average Bonchev–Trinajstić information content (AvgIpc) is 2.91. The van der Waals surface area contributed by atoms with Crippen molar-refractivity contribution in [1.29, 1.82) is 0 Å². The maximum absolute atomic E-state index is 4.75. The molecule has 0 atom stereocenters.